The van der Waals surface area contributed by atoms with E-state index in [4.69, 9.17) is 0 Å². The van der Waals surface area contributed by atoms with Crippen LogP contribution in [-0.2, 0) is 9.59 Å². The second-order valence-corrected chi connectivity index (χ2v) is 5.21. The standard InChI is InChI=1S/C16H24FN3O2/c1-5-12(3)11-14(18-4)16(22)20-9-7-19(8-10-20)15(21)13(17)6-2/h5,11,13H,4,6-10H2,1-3H3/b12-5-,14-11-. The Morgan fingerprint density at radius 3 is 2.27 bits per heavy atom. The fourth-order valence-electron chi connectivity index (χ4n) is 2.14. The van der Waals surface area contributed by atoms with Crippen molar-refractivity contribution >= 4 is 18.5 Å². The summed E-state index contributed by atoms with van der Waals surface area (Å²) < 4.78 is 13.4. The van der Waals surface area contributed by atoms with Gasteiger partial charge in [0.1, 0.15) is 5.70 Å². The molecule has 0 aliphatic carbocycles. The molecule has 0 N–H and O–H groups in total. The lowest BCUT2D eigenvalue weighted by Gasteiger charge is -2.35. The molecule has 0 aromatic carbocycles. The van der Waals surface area contributed by atoms with Crippen LogP contribution in [0.2, 0.25) is 0 Å². The van der Waals surface area contributed by atoms with Crippen molar-refractivity contribution in [2.45, 2.75) is 33.4 Å². The van der Waals surface area contributed by atoms with Crippen LogP contribution in [0.25, 0.3) is 0 Å². The van der Waals surface area contributed by atoms with Crippen LogP contribution >= 0.6 is 0 Å². The Kier molecular flexibility index (Phi) is 6.95. The first-order valence-electron chi connectivity index (χ1n) is 7.48. The van der Waals surface area contributed by atoms with Crippen LogP contribution in [-0.4, -0.2) is 60.7 Å². The lowest BCUT2D eigenvalue weighted by molar-refractivity contribution is -0.141. The van der Waals surface area contributed by atoms with E-state index in [1.165, 1.54) is 4.90 Å². The zero-order valence-electron chi connectivity index (χ0n) is 13.5. The van der Waals surface area contributed by atoms with Crippen LogP contribution in [0.5, 0.6) is 0 Å². The number of allylic oxidation sites excluding steroid dienone is 3. The molecule has 1 aliphatic heterocycles. The number of amides is 2. The van der Waals surface area contributed by atoms with E-state index in [-0.39, 0.29) is 18.0 Å². The molecule has 1 heterocycles. The number of rotatable bonds is 5. The Hall–Kier alpha value is -1.98. The number of carbonyl (C=O) groups is 2. The number of piperazine rings is 1. The Bertz CT molecular complexity index is 492. The molecule has 0 spiro atoms. The maximum Gasteiger partial charge on any atom is 0.272 e. The molecule has 1 aliphatic rings. The van der Waals surface area contributed by atoms with E-state index in [1.54, 1.807) is 17.9 Å². The molecule has 1 saturated heterocycles. The van der Waals surface area contributed by atoms with Gasteiger partial charge in [-0.1, -0.05) is 18.6 Å². The van der Waals surface area contributed by atoms with E-state index in [1.807, 2.05) is 19.9 Å². The Morgan fingerprint density at radius 2 is 1.82 bits per heavy atom. The van der Waals surface area contributed by atoms with Gasteiger partial charge in [0.05, 0.1) is 0 Å². The predicted molar refractivity (Wildman–Crippen MR) is 85.4 cm³/mol. The second-order valence-electron chi connectivity index (χ2n) is 5.21. The average molecular weight is 309 g/mol. The van der Waals surface area contributed by atoms with Crippen molar-refractivity contribution in [3.63, 3.8) is 0 Å². The third kappa shape index (κ3) is 4.51. The molecular weight excluding hydrogens is 285 g/mol. The smallest absolute Gasteiger partial charge is 0.272 e. The summed E-state index contributed by atoms with van der Waals surface area (Å²) in [6.07, 6.45) is 2.28. The molecular formula is C16H24FN3O2. The SMILES string of the molecule is C=N/C(=C\C(C)=C/C)C(=O)N1CCN(C(=O)C(F)CC)CC1. The van der Waals surface area contributed by atoms with Crippen molar-refractivity contribution in [3.05, 3.63) is 23.4 Å². The van der Waals surface area contributed by atoms with E-state index < -0.39 is 12.1 Å². The van der Waals surface area contributed by atoms with Gasteiger partial charge in [-0.15, -0.1) is 0 Å². The number of alkyl halides is 1. The Balaban J connectivity index is 2.68. The molecule has 5 nitrogen and oxygen atoms in total. The zero-order valence-corrected chi connectivity index (χ0v) is 13.5. The minimum absolute atomic E-state index is 0.174. The van der Waals surface area contributed by atoms with Crippen molar-refractivity contribution in [2.75, 3.05) is 26.2 Å². The van der Waals surface area contributed by atoms with Crippen molar-refractivity contribution in [2.24, 2.45) is 4.99 Å². The first-order valence-corrected chi connectivity index (χ1v) is 7.48. The van der Waals surface area contributed by atoms with Crippen LogP contribution < -0.4 is 0 Å². The lowest BCUT2D eigenvalue weighted by atomic mass is 10.2. The van der Waals surface area contributed by atoms with E-state index >= 15 is 0 Å². The molecule has 1 unspecified atom stereocenters. The summed E-state index contributed by atoms with van der Waals surface area (Å²) in [4.78, 5) is 31.0. The first kappa shape index (κ1) is 18.1. The maximum absolute atomic E-state index is 13.4. The lowest BCUT2D eigenvalue weighted by Crippen LogP contribution is -2.52. The van der Waals surface area contributed by atoms with Crippen LogP contribution in [0, 0.1) is 0 Å². The minimum atomic E-state index is -1.45. The zero-order chi connectivity index (χ0) is 16.7. The summed E-state index contributed by atoms with van der Waals surface area (Å²) in [6.45, 7) is 10.3. The summed E-state index contributed by atoms with van der Waals surface area (Å²) in [7, 11) is 0. The van der Waals surface area contributed by atoms with Gasteiger partial charge in [-0.05, 0) is 33.1 Å². The molecule has 0 aromatic heterocycles. The normalized spacial score (nSPS) is 18.2. The third-order valence-electron chi connectivity index (χ3n) is 3.71. The fourth-order valence-corrected chi connectivity index (χ4v) is 2.14. The topological polar surface area (TPSA) is 53.0 Å². The van der Waals surface area contributed by atoms with E-state index in [0.29, 0.717) is 26.2 Å². The predicted octanol–water partition coefficient (Wildman–Crippen LogP) is 1.96. The van der Waals surface area contributed by atoms with Gasteiger partial charge in [0.25, 0.3) is 11.8 Å². The third-order valence-corrected chi connectivity index (χ3v) is 3.71. The molecule has 0 radical (unpaired) electrons. The maximum atomic E-state index is 13.4. The van der Waals surface area contributed by atoms with Gasteiger partial charge in [-0.3, -0.25) is 14.6 Å². The van der Waals surface area contributed by atoms with Gasteiger partial charge < -0.3 is 9.80 Å². The van der Waals surface area contributed by atoms with Crippen molar-refractivity contribution in [1.82, 2.24) is 9.80 Å². The fraction of sp³-hybridized carbons (Fsp3) is 0.562. The second kappa shape index (κ2) is 8.46. The molecule has 0 bridgehead atoms. The molecule has 1 rings (SSSR count). The molecule has 1 fully saturated rings. The minimum Gasteiger partial charge on any atom is -0.337 e. The van der Waals surface area contributed by atoms with Gasteiger partial charge >= 0.3 is 0 Å². The number of aliphatic imine (C=N–C) groups is 1. The van der Waals surface area contributed by atoms with Crippen molar-refractivity contribution < 1.29 is 14.0 Å². The van der Waals surface area contributed by atoms with Crippen LogP contribution in [0.15, 0.2) is 28.4 Å². The number of hydrogen-bond acceptors (Lipinski definition) is 3. The Morgan fingerprint density at radius 1 is 1.27 bits per heavy atom. The molecule has 0 aromatic rings. The number of halogens is 1. The average Bonchev–Trinajstić information content (AvgIpc) is 2.57. The molecule has 22 heavy (non-hydrogen) atoms. The summed E-state index contributed by atoms with van der Waals surface area (Å²) in [5.74, 6) is -0.701. The number of nitrogens with zero attached hydrogens (tertiary/aromatic N) is 3. The number of hydrogen-bond donors (Lipinski definition) is 0. The van der Waals surface area contributed by atoms with E-state index in [9.17, 15) is 14.0 Å². The molecule has 2 amide bonds. The summed E-state index contributed by atoms with van der Waals surface area (Å²) in [5, 5.41) is 0. The molecule has 6 heteroatoms. The van der Waals surface area contributed by atoms with Crippen LogP contribution in [0.1, 0.15) is 27.2 Å². The molecule has 0 saturated carbocycles. The monoisotopic (exact) mass is 309 g/mol. The highest BCUT2D eigenvalue weighted by Gasteiger charge is 2.28. The van der Waals surface area contributed by atoms with Gasteiger partial charge in [0.15, 0.2) is 6.17 Å². The molecule has 1 atom stereocenters. The van der Waals surface area contributed by atoms with Gasteiger partial charge in [-0.25, -0.2) is 4.39 Å². The summed E-state index contributed by atoms with van der Waals surface area (Å²) >= 11 is 0. The van der Waals surface area contributed by atoms with Crippen LogP contribution in [0.4, 0.5) is 4.39 Å². The quantitative estimate of drug-likeness (QED) is 0.443. The highest BCUT2D eigenvalue weighted by Crippen LogP contribution is 2.12. The highest BCUT2D eigenvalue weighted by molar-refractivity contribution is 5.94. The summed E-state index contributed by atoms with van der Waals surface area (Å²) in [5.41, 5.74) is 1.21. The van der Waals surface area contributed by atoms with Gasteiger partial charge in [-0.2, -0.15) is 0 Å². The molecule has 122 valence electrons. The Labute approximate surface area is 131 Å². The highest BCUT2D eigenvalue weighted by atomic mass is 19.1. The van der Waals surface area contributed by atoms with Gasteiger partial charge in [0.2, 0.25) is 0 Å². The largest absolute Gasteiger partial charge is 0.337 e. The van der Waals surface area contributed by atoms with E-state index in [2.05, 4.69) is 11.7 Å². The first-order chi connectivity index (χ1) is 10.4. The van der Waals surface area contributed by atoms with Crippen molar-refractivity contribution in [1.29, 1.82) is 0 Å². The van der Waals surface area contributed by atoms with Crippen LogP contribution in [0.3, 0.4) is 0 Å². The van der Waals surface area contributed by atoms with Gasteiger partial charge in [0, 0.05) is 26.2 Å². The van der Waals surface area contributed by atoms with E-state index in [0.717, 1.165) is 5.57 Å². The van der Waals surface area contributed by atoms with Crippen molar-refractivity contribution in [3.8, 4) is 0 Å². The summed E-state index contributed by atoms with van der Waals surface area (Å²) in [6, 6.07) is 0. The number of carbonyl (C=O) groups excluding carboxylic acids is 2.